The van der Waals surface area contributed by atoms with Gasteiger partial charge in [0, 0.05) is 81.0 Å². The first-order chi connectivity index (χ1) is 19.4. The van der Waals surface area contributed by atoms with E-state index in [4.69, 9.17) is 4.74 Å². The zero-order valence-electron chi connectivity index (χ0n) is 22.9. The maximum Gasteiger partial charge on any atom is 0.363 e. The van der Waals surface area contributed by atoms with Crippen molar-refractivity contribution in [2.24, 2.45) is 0 Å². The monoisotopic (exact) mass is 542 g/mol. The average Bonchev–Trinajstić information content (AvgIpc) is 2.97. The van der Waals surface area contributed by atoms with E-state index in [0.29, 0.717) is 31.6 Å². The number of aryl methyl sites for hydroxylation is 1. The van der Waals surface area contributed by atoms with Crippen LogP contribution in [0.3, 0.4) is 0 Å². The van der Waals surface area contributed by atoms with Gasteiger partial charge in [0.15, 0.2) is 11.6 Å². The number of hydrogen-bond donors (Lipinski definition) is 0. The zero-order valence-corrected chi connectivity index (χ0v) is 22.9. The predicted octanol–water partition coefficient (Wildman–Crippen LogP) is 4.33. The van der Waals surface area contributed by atoms with Crippen molar-refractivity contribution >= 4 is 22.4 Å². The molecule has 1 aliphatic rings. The lowest BCUT2D eigenvalue weighted by atomic mass is 10.0. The number of nitro groups is 1. The SMILES string of the molecule is COCCn1cc(CN(Cc2ccnc(C)c2)C2CCCN(c3ccc([N+](=O)[O-])nc3)C2)c(=O)c2ccccc21. The third kappa shape index (κ3) is 6.19. The predicted molar refractivity (Wildman–Crippen MR) is 154 cm³/mol. The van der Waals surface area contributed by atoms with Crippen molar-refractivity contribution in [2.75, 3.05) is 31.7 Å². The first-order valence-electron chi connectivity index (χ1n) is 13.5. The molecular formula is C30H34N6O4. The number of nitrogens with zero attached hydrogens (tertiary/aromatic N) is 6. The summed E-state index contributed by atoms with van der Waals surface area (Å²) in [6.07, 6.45) is 7.33. The summed E-state index contributed by atoms with van der Waals surface area (Å²) in [6.45, 7) is 5.92. The maximum atomic E-state index is 13.7. The molecule has 10 nitrogen and oxygen atoms in total. The molecule has 208 valence electrons. The van der Waals surface area contributed by atoms with Crippen molar-refractivity contribution in [3.63, 3.8) is 0 Å². The fourth-order valence-corrected chi connectivity index (χ4v) is 5.52. The molecule has 0 amide bonds. The van der Waals surface area contributed by atoms with Crippen molar-refractivity contribution in [2.45, 2.75) is 45.4 Å². The largest absolute Gasteiger partial charge is 0.383 e. The van der Waals surface area contributed by atoms with Crippen LogP contribution in [0.4, 0.5) is 11.5 Å². The molecule has 4 heterocycles. The van der Waals surface area contributed by atoms with Gasteiger partial charge in [0.1, 0.15) is 0 Å². The minimum atomic E-state index is -0.482. The summed E-state index contributed by atoms with van der Waals surface area (Å²) >= 11 is 0. The molecular weight excluding hydrogens is 508 g/mol. The summed E-state index contributed by atoms with van der Waals surface area (Å²) in [5, 5.41) is 11.8. The highest BCUT2D eigenvalue weighted by atomic mass is 16.6. The molecule has 0 N–H and O–H groups in total. The van der Waals surface area contributed by atoms with Crippen LogP contribution in [0.5, 0.6) is 0 Å². The van der Waals surface area contributed by atoms with Gasteiger partial charge in [0.25, 0.3) is 0 Å². The van der Waals surface area contributed by atoms with Gasteiger partial charge >= 0.3 is 5.82 Å². The van der Waals surface area contributed by atoms with Crippen molar-refractivity contribution in [1.82, 2.24) is 19.4 Å². The van der Waals surface area contributed by atoms with E-state index in [-0.39, 0.29) is 17.3 Å². The lowest BCUT2D eigenvalue weighted by Gasteiger charge is -2.40. The lowest BCUT2D eigenvalue weighted by molar-refractivity contribution is -0.389. The average molecular weight is 543 g/mol. The standard InChI is InChI=1S/C30H34N6O4/c1-22-16-23(11-12-31-22)18-35(26-6-5-13-33(21-26)25-9-10-29(32-17-25)36(38)39)20-24-19-34(14-15-40-2)28-8-4-3-7-27(28)30(24)37/h3-4,7-12,16-17,19,26H,5-6,13-15,18,20-21H2,1-2H3. The number of rotatable bonds is 10. The summed E-state index contributed by atoms with van der Waals surface area (Å²) in [5.74, 6) is -0.159. The molecule has 1 saturated heterocycles. The second kappa shape index (κ2) is 12.4. The minimum absolute atomic E-state index is 0.0485. The van der Waals surface area contributed by atoms with E-state index in [9.17, 15) is 14.9 Å². The van der Waals surface area contributed by atoms with E-state index in [1.807, 2.05) is 49.6 Å². The second-order valence-electron chi connectivity index (χ2n) is 10.3. The molecule has 1 aromatic carbocycles. The summed E-state index contributed by atoms with van der Waals surface area (Å²) in [5.41, 5.74) is 4.65. The third-order valence-corrected chi connectivity index (χ3v) is 7.52. The summed E-state index contributed by atoms with van der Waals surface area (Å²) in [6, 6.07) is 15.2. The van der Waals surface area contributed by atoms with Crippen molar-refractivity contribution in [1.29, 1.82) is 0 Å². The highest BCUT2D eigenvalue weighted by molar-refractivity contribution is 5.79. The normalized spacial score (nSPS) is 15.6. The van der Waals surface area contributed by atoms with Gasteiger partial charge in [-0.25, -0.2) is 0 Å². The summed E-state index contributed by atoms with van der Waals surface area (Å²) in [4.78, 5) is 37.3. The fraction of sp³-hybridized carbons (Fsp3) is 0.367. The van der Waals surface area contributed by atoms with Crippen LogP contribution >= 0.6 is 0 Å². The van der Waals surface area contributed by atoms with Gasteiger partial charge in [0.2, 0.25) is 0 Å². The van der Waals surface area contributed by atoms with Crippen LogP contribution < -0.4 is 10.3 Å². The molecule has 1 unspecified atom stereocenters. The van der Waals surface area contributed by atoms with Gasteiger partial charge in [-0.15, -0.1) is 0 Å². The number of hydrogen-bond acceptors (Lipinski definition) is 8. The van der Waals surface area contributed by atoms with Gasteiger partial charge in [-0.2, -0.15) is 0 Å². The van der Waals surface area contributed by atoms with E-state index in [1.54, 1.807) is 19.4 Å². The molecule has 1 atom stereocenters. The van der Waals surface area contributed by atoms with E-state index in [0.717, 1.165) is 54.0 Å². The molecule has 5 rings (SSSR count). The molecule has 0 spiro atoms. The number of methoxy groups -OCH3 is 1. The van der Waals surface area contributed by atoms with Crippen LogP contribution in [0.25, 0.3) is 10.9 Å². The summed E-state index contributed by atoms with van der Waals surface area (Å²) in [7, 11) is 1.68. The van der Waals surface area contributed by atoms with Gasteiger partial charge in [-0.1, -0.05) is 12.1 Å². The number of para-hydroxylation sites is 1. The zero-order chi connectivity index (χ0) is 28.1. The minimum Gasteiger partial charge on any atom is -0.383 e. The van der Waals surface area contributed by atoms with E-state index < -0.39 is 4.92 Å². The van der Waals surface area contributed by atoms with Crippen LogP contribution in [0.15, 0.2) is 71.9 Å². The molecule has 3 aromatic heterocycles. The Kier molecular flexibility index (Phi) is 8.47. The molecule has 0 aliphatic carbocycles. The Morgan fingerprint density at radius 1 is 1.15 bits per heavy atom. The third-order valence-electron chi connectivity index (χ3n) is 7.52. The summed E-state index contributed by atoms with van der Waals surface area (Å²) < 4.78 is 7.45. The number of aromatic nitrogens is 3. The topological polar surface area (TPSA) is 107 Å². The Hall–Kier alpha value is -4.15. The highest BCUT2D eigenvalue weighted by Gasteiger charge is 2.28. The number of ether oxygens (including phenoxy) is 1. The Balaban J connectivity index is 1.47. The van der Waals surface area contributed by atoms with Gasteiger partial charge in [0.05, 0.1) is 17.8 Å². The second-order valence-corrected chi connectivity index (χ2v) is 10.3. The molecule has 1 aliphatic heterocycles. The van der Waals surface area contributed by atoms with E-state index >= 15 is 0 Å². The smallest absolute Gasteiger partial charge is 0.363 e. The van der Waals surface area contributed by atoms with Crippen LogP contribution in [-0.4, -0.2) is 57.2 Å². The van der Waals surface area contributed by atoms with Gasteiger partial charge < -0.3 is 24.3 Å². The molecule has 0 saturated carbocycles. The van der Waals surface area contributed by atoms with Gasteiger partial charge in [-0.3, -0.25) is 14.7 Å². The molecule has 1 fully saturated rings. The Morgan fingerprint density at radius 3 is 2.75 bits per heavy atom. The first kappa shape index (κ1) is 27.4. The van der Waals surface area contributed by atoms with Gasteiger partial charge in [-0.05, 0) is 65.6 Å². The van der Waals surface area contributed by atoms with Crippen LogP contribution in [0.2, 0.25) is 0 Å². The number of pyridine rings is 3. The van der Waals surface area contributed by atoms with Crippen molar-refractivity contribution in [3.05, 3.63) is 104 Å². The van der Waals surface area contributed by atoms with Crippen LogP contribution in [0, 0.1) is 17.0 Å². The maximum absolute atomic E-state index is 13.7. The quantitative estimate of drug-likeness (QED) is 0.215. The molecule has 40 heavy (non-hydrogen) atoms. The number of piperidine rings is 1. The van der Waals surface area contributed by atoms with Crippen molar-refractivity contribution in [3.8, 4) is 0 Å². The highest BCUT2D eigenvalue weighted by Crippen LogP contribution is 2.26. The number of benzene rings is 1. The fourth-order valence-electron chi connectivity index (χ4n) is 5.52. The van der Waals surface area contributed by atoms with E-state index in [2.05, 4.69) is 30.4 Å². The van der Waals surface area contributed by atoms with E-state index in [1.165, 1.54) is 6.07 Å². The van der Waals surface area contributed by atoms with Crippen LogP contribution in [-0.2, 0) is 24.4 Å². The number of fused-ring (bicyclic) bond motifs is 1. The Bertz CT molecular complexity index is 1540. The Morgan fingerprint density at radius 2 is 2.00 bits per heavy atom. The molecule has 10 heteroatoms. The first-order valence-corrected chi connectivity index (χ1v) is 13.5. The molecule has 4 aromatic rings. The molecule has 0 radical (unpaired) electrons. The van der Waals surface area contributed by atoms with Crippen molar-refractivity contribution < 1.29 is 9.66 Å². The van der Waals surface area contributed by atoms with Crippen LogP contribution in [0.1, 0.15) is 29.7 Å². The molecule has 0 bridgehead atoms. The Labute approximate surface area is 233 Å². The number of anilines is 1. The lowest BCUT2D eigenvalue weighted by Crippen LogP contribution is -2.48.